The minimum atomic E-state index is -0.258. The molecule has 0 aliphatic heterocycles. The quantitative estimate of drug-likeness (QED) is 0.245. The lowest BCUT2D eigenvalue weighted by atomic mass is 10.1. The first-order chi connectivity index (χ1) is 16.6. The molecule has 1 aromatic heterocycles. The molecule has 4 aromatic carbocycles. The number of benzene rings is 4. The fourth-order valence-electron chi connectivity index (χ4n) is 3.60. The van der Waals surface area contributed by atoms with E-state index in [0.717, 1.165) is 26.6 Å². The number of amides is 1. The second kappa shape index (κ2) is 9.63. The predicted octanol–water partition coefficient (Wildman–Crippen LogP) is 7.71. The number of rotatable bonds is 5. The standard InChI is InChI=1S/C27H18BrClN4O/c28-19-13-14-23-21(16-19)25(17-7-2-1-3-8-17)33-27(32-23)30-20-10-6-9-18(15-20)26(34)31-24-12-5-4-11-22(24)29/h1-16H,(H,31,34)(H,30,32,33). The highest BCUT2D eigenvalue weighted by molar-refractivity contribution is 9.10. The summed E-state index contributed by atoms with van der Waals surface area (Å²) in [5, 5.41) is 7.52. The van der Waals surface area contributed by atoms with Crippen LogP contribution in [0.4, 0.5) is 17.3 Å². The van der Waals surface area contributed by atoms with Gasteiger partial charge in [-0.05, 0) is 48.5 Å². The van der Waals surface area contributed by atoms with Gasteiger partial charge in [0.2, 0.25) is 5.95 Å². The number of halogens is 2. The zero-order chi connectivity index (χ0) is 23.5. The summed E-state index contributed by atoms with van der Waals surface area (Å²) >= 11 is 9.71. The number of para-hydroxylation sites is 1. The fourth-order valence-corrected chi connectivity index (χ4v) is 4.14. The molecule has 0 atom stereocenters. The molecule has 0 bridgehead atoms. The van der Waals surface area contributed by atoms with E-state index >= 15 is 0 Å². The zero-order valence-electron chi connectivity index (χ0n) is 17.8. The van der Waals surface area contributed by atoms with Crippen LogP contribution in [-0.2, 0) is 0 Å². The maximum atomic E-state index is 12.8. The van der Waals surface area contributed by atoms with Gasteiger partial charge in [0.1, 0.15) is 0 Å². The fraction of sp³-hybridized carbons (Fsp3) is 0. The normalized spacial score (nSPS) is 10.8. The van der Waals surface area contributed by atoms with Gasteiger partial charge in [0.15, 0.2) is 0 Å². The van der Waals surface area contributed by atoms with Crippen LogP contribution < -0.4 is 10.6 Å². The Morgan fingerprint density at radius 1 is 0.824 bits per heavy atom. The van der Waals surface area contributed by atoms with Crippen LogP contribution in [0.5, 0.6) is 0 Å². The molecule has 1 heterocycles. The number of carbonyl (C=O) groups excluding carboxylic acids is 1. The van der Waals surface area contributed by atoms with Crippen molar-refractivity contribution >= 4 is 61.7 Å². The van der Waals surface area contributed by atoms with Gasteiger partial charge < -0.3 is 10.6 Å². The molecular formula is C27H18BrClN4O. The summed E-state index contributed by atoms with van der Waals surface area (Å²) in [6.45, 7) is 0. The smallest absolute Gasteiger partial charge is 0.255 e. The van der Waals surface area contributed by atoms with Crippen molar-refractivity contribution in [2.24, 2.45) is 0 Å². The molecule has 0 aliphatic rings. The number of nitrogens with zero attached hydrogens (tertiary/aromatic N) is 2. The first kappa shape index (κ1) is 22.1. The van der Waals surface area contributed by atoms with Gasteiger partial charge in [-0.2, -0.15) is 0 Å². The van der Waals surface area contributed by atoms with Crippen molar-refractivity contribution in [3.8, 4) is 11.3 Å². The molecule has 34 heavy (non-hydrogen) atoms. The number of nitrogens with one attached hydrogen (secondary N) is 2. The van der Waals surface area contributed by atoms with E-state index in [0.29, 0.717) is 27.9 Å². The summed E-state index contributed by atoms with van der Waals surface area (Å²) in [6, 6.07) is 30.2. The van der Waals surface area contributed by atoms with E-state index in [2.05, 4.69) is 26.6 Å². The highest BCUT2D eigenvalue weighted by atomic mass is 79.9. The van der Waals surface area contributed by atoms with Crippen molar-refractivity contribution in [2.75, 3.05) is 10.6 Å². The third-order valence-corrected chi connectivity index (χ3v) is 6.03. The summed E-state index contributed by atoms with van der Waals surface area (Å²) in [5.74, 6) is 0.184. The second-order valence-electron chi connectivity index (χ2n) is 7.56. The highest BCUT2D eigenvalue weighted by Crippen LogP contribution is 2.30. The van der Waals surface area contributed by atoms with Gasteiger partial charge in [-0.3, -0.25) is 4.79 Å². The van der Waals surface area contributed by atoms with E-state index < -0.39 is 0 Å². The number of anilines is 3. The van der Waals surface area contributed by atoms with Gasteiger partial charge in [-0.1, -0.05) is 76.1 Å². The van der Waals surface area contributed by atoms with Gasteiger partial charge in [-0.15, -0.1) is 0 Å². The monoisotopic (exact) mass is 528 g/mol. The van der Waals surface area contributed by atoms with Crippen molar-refractivity contribution in [2.45, 2.75) is 0 Å². The van der Waals surface area contributed by atoms with Crippen molar-refractivity contribution in [1.82, 2.24) is 9.97 Å². The van der Waals surface area contributed by atoms with E-state index in [4.69, 9.17) is 21.6 Å². The largest absolute Gasteiger partial charge is 0.324 e. The van der Waals surface area contributed by atoms with Crippen LogP contribution in [-0.4, -0.2) is 15.9 Å². The molecule has 2 N–H and O–H groups in total. The Morgan fingerprint density at radius 3 is 2.44 bits per heavy atom. The minimum Gasteiger partial charge on any atom is -0.324 e. The molecule has 5 rings (SSSR count). The van der Waals surface area contributed by atoms with Gasteiger partial charge in [0, 0.05) is 26.7 Å². The molecule has 1 amide bonds. The van der Waals surface area contributed by atoms with Crippen LogP contribution in [0.25, 0.3) is 22.2 Å². The lowest BCUT2D eigenvalue weighted by Crippen LogP contribution is -2.12. The number of hydrogen-bond donors (Lipinski definition) is 2. The maximum absolute atomic E-state index is 12.8. The number of aromatic nitrogens is 2. The summed E-state index contributed by atoms with van der Waals surface area (Å²) < 4.78 is 0.957. The van der Waals surface area contributed by atoms with E-state index in [1.165, 1.54) is 0 Å². The summed E-state index contributed by atoms with van der Waals surface area (Å²) in [5.41, 5.74) is 4.36. The van der Waals surface area contributed by atoms with E-state index in [1.54, 1.807) is 30.3 Å². The average molecular weight is 530 g/mol. The van der Waals surface area contributed by atoms with Crippen molar-refractivity contribution in [3.05, 3.63) is 112 Å². The van der Waals surface area contributed by atoms with Gasteiger partial charge >= 0.3 is 0 Å². The van der Waals surface area contributed by atoms with Gasteiger partial charge in [0.25, 0.3) is 5.91 Å². The first-order valence-corrected chi connectivity index (χ1v) is 11.7. The molecule has 0 saturated carbocycles. The first-order valence-electron chi connectivity index (χ1n) is 10.5. The number of fused-ring (bicyclic) bond motifs is 1. The van der Waals surface area contributed by atoms with Crippen LogP contribution >= 0.6 is 27.5 Å². The topological polar surface area (TPSA) is 66.9 Å². The Morgan fingerprint density at radius 2 is 1.62 bits per heavy atom. The van der Waals surface area contributed by atoms with Crippen molar-refractivity contribution < 1.29 is 4.79 Å². The van der Waals surface area contributed by atoms with Crippen molar-refractivity contribution in [3.63, 3.8) is 0 Å². The number of hydrogen-bond acceptors (Lipinski definition) is 4. The number of carbonyl (C=O) groups is 1. The van der Waals surface area contributed by atoms with Crippen LogP contribution in [0.3, 0.4) is 0 Å². The zero-order valence-corrected chi connectivity index (χ0v) is 20.1. The molecular weight excluding hydrogens is 512 g/mol. The third kappa shape index (κ3) is 4.78. The minimum absolute atomic E-state index is 0.258. The Kier molecular flexibility index (Phi) is 6.25. The molecule has 7 heteroatoms. The van der Waals surface area contributed by atoms with Gasteiger partial charge in [0.05, 0.1) is 21.9 Å². The Balaban J connectivity index is 1.47. The Bertz CT molecular complexity index is 1510. The highest BCUT2D eigenvalue weighted by Gasteiger charge is 2.12. The van der Waals surface area contributed by atoms with E-state index in [1.807, 2.05) is 66.7 Å². The SMILES string of the molecule is O=C(Nc1ccccc1Cl)c1cccc(Nc2nc(-c3ccccc3)c3cc(Br)ccc3n2)c1. The summed E-state index contributed by atoms with van der Waals surface area (Å²) in [7, 11) is 0. The molecule has 0 fully saturated rings. The van der Waals surface area contributed by atoms with Crippen LogP contribution in [0.1, 0.15) is 10.4 Å². The summed E-state index contributed by atoms with van der Waals surface area (Å²) in [6.07, 6.45) is 0. The average Bonchev–Trinajstić information content (AvgIpc) is 2.86. The maximum Gasteiger partial charge on any atom is 0.255 e. The van der Waals surface area contributed by atoms with Gasteiger partial charge in [-0.25, -0.2) is 9.97 Å². The van der Waals surface area contributed by atoms with Crippen LogP contribution in [0.2, 0.25) is 5.02 Å². The Labute approximate surface area is 210 Å². The molecule has 5 aromatic rings. The molecule has 166 valence electrons. The molecule has 0 unspecified atom stereocenters. The molecule has 0 radical (unpaired) electrons. The lowest BCUT2D eigenvalue weighted by Gasteiger charge is -2.12. The van der Waals surface area contributed by atoms with E-state index in [9.17, 15) is 4.79 Å². The molecule has 0 saturated heterocycles. The lowest BCUT2D eigenvalue weighted by molar-refractivity contribution is 0.102. The summed E-state index contributed by atoms with van der Waals surface area (Å²) in [4.78, 5) is 22.3. The van der Waals surface area contributed by atoms with E-state index in [-0.39, 0.29) is 5.91 Å². The van der Waals surface area contributed by atoms with Crippen LogP contribution in [0.15, 0.2) is 102 Å². The molecule has 0 aliphatic carbocycles. The molecule has 5 nitrogen and oxygen atoms in total. The Hall–Kier alpha value is -3.74. The molecule has 0 spiro atoms. The van der Waals surface area contributed by atoms with Crippen molar-refractivity contribution in [1.29, 1.82) is 0 Å². The third-order valence-electron chi connectivity index (χ3n) is 5.21. The predicted molar refractivity (Wildman–Crippen MR) is 142 cm³/mol. The van der Waals surface area contributed by atoms with Crippen LogP contribution in [0, 0.1) is 0 Å². The second-order valence-corrected chi connectivity index (χ2v) is 8.89.